The normalized spacial score (nSPS) is 18.5. The van der Waals surface area contributed by atoms with Crippen LogP contribution in [-0.4, -0.2) is 130 Å². The molecule has 3 N–H and O–H groups in total. The van der Waals surface area contributed by atoms with E-state index in [4.69, 9.17) is 0 Å². The van der Waals surface area contributed by atoms with Gasteiger partial charge in [0.05, 0.1) is 25.3 Å². The third-order valence-corrected chi connectivity index (χ3v) is 5.17. The molecule has 1 aliphatic heterocycles. The predicted octanol–water partition coefficient (Wildman–Crippen LogP) is -0.804. The lowest BCUT2D eigenvalue weighted by molar-refractivity contribution is -0.140. The van der Waals surface area contributed by atoms with E-state index in [2.05, 4.69) is 4.98 Å². The molecule has 32 heavy (non-hydrogen) atoms. The van der Waals surface area contributed by atoms with E-state index in [1.807, 2.05) is 4.90 Å². The van der Waals surface area contributed by atoms with Crippen molar-refractivity contribution in [3.05, 3.63) is 29.8 Å². The Morgan fingerprint density at radius 1 is 0.750 bits per heavy atom. The molecule has 2 heterocycles. The van der Waals surface area contributed by atoms with Gasteiger partial charge in [0, 0.05) is 65.1 Å². The van der Waals surface area contributed by atoms with Crippen LogP contribution in [-0.2, 0) is 20.9 Å². The summed E-state index contributed by atoms with van der Waals surface area (Å²) in [5.41, 5.74) is 0.527. The van der Waals surface area contributed by atoms with E-state index in [0.29, 0.717) is 64.6 Å². The highest BCUT2D eigenvalue weighted by molar-refractivity contribution is 5.69. The van der Waals surface area contributed by atoms with Crippen molar-refractivity contribution in [1.82, 2.24) is 24.6 Å². The second-order valence-corrected chi connectivity index (χ2v) is 7.75. The van der Waals surface area contributed by atoms with Crippen LogP contribution in [0.2, 0.25) is 0 Å². The van der Waals surface area contributed by atoms with Crippen molar-refractivity contribution >= 4 is 17.9 Å². The van der Waals surface area contributed by atoms with Gasteiger partial charge in [-0.15, -0.1) is 0 Å². The molecule has 2 rings (SSSR count). The lowest BCUT2D eigenvalue weighted by Gasteiger charge is -2.33. The summed E-state index contributed by atoms with van der Waals surface area (Å²) in [7, 11) is 0. The van der Waals surface area contributed by atoms with Crippen LogP contribution < -0.4 is 0 Å². The number of carbonyl (C=O) groups is 3. The second-order valence-electron chi connectivity index (χ2n) is 7.75. The molecule has 0 unspecified atom stereocenters. The molecule has 0 atom stereocenters. The summed E-state index contributed by atoms with van der Waals surface area (Å²) in [6.07, 6.45) is 1.38. The molecule has 0 amide bonds. The van der Waals surface area contributed by atoms with Crippen LogP contribution in [0, 0.1) is 5.82 Å². The summed E-state index contributed by atoms with van der Waals surface area (Å²) in [5.74, 6) is -3.36. The van der Waals surface area contributed by atoms with Gasteiger partial charge >= 0.3 is 17.9 Å². The fraction of sp³-hybridized carbons (Fsp3) is 0.600. The van der Waals surface area contributed by atoms with Crippen LogP contribution >= 0.6 is 0 Å². The van der Waals surface area contributed by atoms with Crippen molar-refractivity contribution in [3.8, 4) is 0 Å². The summed E-state index contributed by atoms with van der Waals surface area (Å²) < 4.78 is 13.6. The quantitative estimate of drug-likeness (QED) is 0.454. The minimum absolute atomic E-state index is 0.182. The van der Waals surface area contributed by atoms with Crippen molar-refractivity contribution < 1.29 is 34.1 Å². The highest BCUT2D eigenvalue weighted by Gasteiger charge is 2.20. The average Bonchev–Trinajstić information content (AvgIpc) is 2.69. The largest absolute Gasteiger partial charge is 0.480 e. The Morgan fingerprint density at radius 3 is 1.47 bits per heavy atom. The Hall–Kier alpha value is -2.67. The maximum Gasteiger partial charge on any atom is 0.317 e. The van der Waals surface area contributed by atoms with Gasteiger partial charge in [0.2, 0.25) is 0 Å². The number of rotatable bonds is 8. The van der Waals surface area contributed by atoms with Crippen LogP contribution in [0.5, 0.6) is 0 Å². The molecule has 11 nitrogen and oxygen atoms in total. The number of hydrogen-bond acceptors (Lipinski definition) is 8. The summed E-state index contributed by atoms with van der Waals surface area (Å²) in [6.45, 7) is 2.88. The molecule has 1 aromatic rings. The summed E-state index contributed by atoms with van der Waals surface area (Å²) in [4.78, 5) is 45.1. The summed E-state index contributed by atoms with van der Waals surface area (Å²) in [6, 6.07) is 2.59. The maximum absolute atomic E-state index is 13.6. The minimum atomic E-state index is -1.000. The Labute approximate surface area is 185 Å². The van der Waals surface area contributed by atoms with Crippen molar-refractivity contribution in [3.63, 3.8) is 0 Å². The average molecular weight is 455 g/mol. The summed E-state index contributed by atoms with van der Waals surface area (Å²) >= 11 is 0. The molecular formula is C20H30FN5O6. The molecule has 0 saturated carbocycles. The van der Waals surface area contributed by atoms with Crippen LogP contribution in [0.25, 0.3) is 0 Å². The molecule has 1 fully saturated rings. The molecule has 0 aromatic carbocycles. The van der Waals surface area contributed by atoms with E-state index >= 15 is 0 Å². The first-order valence-corrected chi connectivity index (χ1v) is 10.4. The zero-order valence-corrected chi connectivity index (χ0v) is 17.9. The first kappa shape index (κ1) is 25.6. The first-order chi connectivity index (χ1) is 15.2. The van der Waals surface area contributed by atoms with Crippen molar-refractivity contribution in [2.24, 2.45) is 0 Å². The van der Waals surface area contributed by atoms with Gasteiger partial charge in [-0.2, -0.15) is 0 Å². The highest BCUT2D eigenvalue weighted by atomic mass is 19.1. The number of aliphatic carboxylic acids is 3. The number of carboxylic acid groups (broad SMARTS) is 3. The predicted molar refractivity (Wildman–Crippen MR) is 112 cm³/mol. The lowest BCUT2D eigenvalue weighted by Crippen LogP contribution is -2.48. The van der Waals surface area contributed by atoms with Crippen LogP contribution in [0.1, 0.15) is 5.69 Å². The second kappa shape index (κ2) is 13.0. The zero-order valence-electron chi connectivity index (χ0n) is 17.9. The number of aromatic nitrogens is 1. The van der Waals surface area contributed by atoms with Gasteiger partial charge in [-0.25, -0.2) is 4.39 Å². The van der Waals surface area contributed by atoms with E-state index in [9.17, 15) is 34.1 Å². The van der Waals surface area contributed by atoms with Gasteiger partial charge < -0.3 is 15.3 Å². The lowest BCUT2D eigenvalue weighted by atomic mass is 10.3. The topological polar surface area (TPSA) is 138 Å². The Kier molecular flexibility index (Phi) is 10.4. The van der Waals surface area contributed by atoms with Crippen LogP contribution in [0.15, 0.2) is 18.3 Å². The third-order valence-electron chi connectivity index (χ3n) is 5.17. The van der Waals surface area contributed by atoms with Gasteiger partial charge in [0.15, 0.2) is 0 Å². The fourth-order valence-electron chi connectivity index (χ4n) is 3.55. The molecule has 1 saturated heterocycles. The molecule has 178 valence electrons. The first-order valence-electron chi connectivity index (χ1n) is 10.4. The SMILES string of the molecule is O=C(O)CN1CCN(CC(=O)O)CCN(Cc2cc(F)ccn2)CCN(CC(=O)O)CC1. The molecule has 0 aliphatic carbocycles. The van der Waals surface area contributed by atoms with Gasteiger partial charge in [0.25, 0.3) is 0 Å². The van der Waals surface area contributed by atoms with E-state index < -0.39 is 23.7 Å². The number of carboxylic acids is 3. The van der Waals surface area contributed by atoms with E-state index in [0.717, 1.165) is 0 Å². The van der Waals surface area contributed by atoms with Crippen molar-refractivity contribution in [2.75, 3.05) is 72.0 Å². The molecule has 12 heteroatoms. The zero-order chi connectivity index (χ0) is 23.5. The van der Waals surface area contributed by atoms with Gasteiger partial charge in [-0.3, -0.25) is 39.0 Å². The highest BCUT2D eigenvalue weighted by Crippen LogP contribution is 2.07. The number of pyridine rings is 1. The van der Waals surface area contributed by atoms with E-state index in [1.54, 1.807) is 14.7 Å². The van der Waals surface area contributed by atoms with Gasteiger partial charge in [-0.05, 0) is 12.1 Å². The molecule has 1 aliphatic rings. The monoisotopic (exact) mass is 455 g/mol. The molecule has 1 aromatic heterocycles. The minimum Gasteiger partial charge on any atom is -0.480 e. The fourth-order valence-corrected chi connectivity index (χ4v) is 3.55. The van der Waals surface area contributed by atoms with Crippen LogP contribution in [0.3, 0.4) is 0 Å². The third kappa shape index (κ3) is 10.1. The Morgan fingerprint density at radius 2 is 1.12 bits per heavy atom. The van der Waals surface area contributed by atoms with E-state index in [-0.39, 0.29) is 19.6 Å². The number of hydrogen-bond donors (Lipinski definition) is 3. The maximum atomic E-state index is 13.6. The summed E-state index contributed by atoms with van der Waals surface area (Å²) in [5, 5.41) is 27.7. The van der Waals surface area contributed by atoms with Gasteiger partial charge in [0.1, 0.15) is 5.82 Å². The van der Waals surface area contributed by atoms with Crippen molar-refractivity contribution in [2.45, 2.75) is 6.54 Å². The van der Waals surface area contributed by atoms with Crippen LogP contribution in [0.4, 0.5) is 4.39 Å². The number of halogens is 1. The van der Waals surface area contributed by atoms with E-state index in [1.165, 1.54) is 18.3 Å². The van der Waals surface area contributed by atoms with Gasteiger partial charge in [-0.1, -0.05) is 0 Å². The Bertz CT molecular complexity index is 751. The molecular weight excluding hydrogens is 425 g/mol. The Balaban J connectivity index is 2.16. The smallest absolute Gasteiger partial charge is 0.317 e. The standard InChI is InChI=1S/C20H30FN5O6/c21-16-1-2-22-17(11-16)12-23-3-5-24(13-18(27)28)7-9-26(15-20(31)32)10-8-25(6-4-23)14-19(29)30/h1-2,11H,3-10,12-15H2,(H,27,28)(H,29,30)(H,31,32). The molecule has 0 spiro atoms. The molecule has 0 radical (unpaired) electrons. The molecule has 0 bridgehead atoms. The number of nitrogens with zero attached hydrogens (tertiary/aromatic N) is 5. The van der Waals surface area contributed by atoms with Crippen molar-refractivity contribution in [1.29, 1.82) is 0 Å².